The minimum absolute atomic E-state index is 0.0882. The van der Waals surface area contributed by atoms with E-state index in [1.165, 1.54) is 0 Å². The van der Waals surface area contributed by atoms with Gasteiger partial charge in [-0.05, 0) is 34.6 Å². The fourth-order valence-corrected chi connectivity index (χ4v) is 4.69. The minimum atomic E-state index is -1.48. The van der Waals surface area contributed by atoms with Gasteiger partial charge in [-0.1, -0.05) is 62.4 Å². The van der Waals surface area contributed by atoms with Crippen LogP contribution in [0.15, 0.2) is 48.5 Å². The third kappa shape index (κ3) is 4.77. The van der Waals surface area contributed by atoms with E-state index in [1.807, 2.05) is 50.2 Å². The van der Waals surface area contributed by atoms with Gasteiger partial charge in [0, 0.05) is 18.9 Å². The summed E-state index contributed by atoms with van der Waals surface area (Å²) in [6, 6.07) is 15.2. The van der Waals surface area contributed by atoms with E-state index in [4.69, 9.17) is 9.47 Å². The number of fused-ring (bicyclic) bond motifs is 3. The predicted molar refractivity (Wildman–Crippen MR) is 125 cm³/mol. The summed E-state index contributed by atoms with van der Waals surface area (Å²) < 4.78 is 10.8. The summed E-state index contributed by atoms with van der Waals surface area (Å²) in [5.41, 5.74) is 2.97. The number of carboxylic acid groups (broad SMARTS) is 1. The fraction of sp³-hybridized carbons (Fsp3) is 0.423. The summed E-state index contributed by atoms with van der Waals surface area (Å²) in [7, 11) is 0. The van der Waals surface area contributed by atoms with Gasteiger partial charge in [-0.2, -0.15) is 0 Å². The second kappa shape index (κ2) is 9.85. The summed E-state index contributed by atoms with van der Waals surface area (Å²) in [6.45, 7) is 4.12. The summed E-state index contributed by atoms with van der Waals surface area (Å²) in [4.78, 5) is 37.5. The number of nitrogens with one attached hydrogen (secondary N) is 2. The molecule has 2 unspecified atom stereocenters. The van der Waals surface area contributed by atoms with Crippen molar-refractivity contribution in [1.29, 1.82) is 0 Å². The zero-order valence-electron chi connectivity index (χ0n) is 19.4. The second-order valence-corrected chi connectivity index (χ2v) is 9.33. The maximum absolute atomic E-state index is 13.0. The lowest BCUT2D eigenvalue weighted by molar-refractivity contribution is -0.148. The van der Waals surface area contributed by atoms with Gasteiger partial charge < -0.3 is 25.2 Å². The molecule has 1 fully saturated rings. The van der Waals surface area contributed by atoms with E-state index in [0.29, 0.717) is 6.42 Å². The molecule has 180 valence electrons. The van der Waals surface area contributed by atoms with Crippen LogP contribution in [0.2, 0.25) is 0 Å². The van der Waals surface area contributed by atoms with Crippen molar-refractivity contribution in [2.45, 2.75) is 44.2 Å². The zero-order chi connectivity index (χ0) is 24.3. The quantitative estimate of drug-likeness (QED) is 0.550. The monoisotopic (exact) mass is 466 g/mol. The number of hydrogen-bond acceptors (Lipinski definition) is 5. The Kier molecular flexibility index (Phi) is 6.88. The number of ether oxygens (including phenoxy) is 2. The average molecular weight is 467 g/mol. The lowest BCUT2D eigenvalue weighted by atomic mass is 9.96. The van der Waals surface area contributed by atoms with Gasteiger partial charge in [0.05, 0.1) is 6.61 Å². The maximum atomic E-state index is 13.0. The molecule has 1 saturated heterocycles. The van der Waals surface area contributed by atoms with Crippen molar-refractivity contribution in [3.05, 3.63) is 59.7 Å². The first-order valence-corrected chi connectivity index (χ1v) is 11.6. The molecular weight excluding hydrogens is 436 g/mol. The van der Waals surface area contributed by atoms with Gasteiger partial charge in [0.25, 0.3) is 0 Å². The first-order chi connectivity index (χ1) is 16.3. The molecule has 0 bridgehead atoms. The second-order valence-electron chi connectivity index (χ2n) is 9.33. The number of carbonyl (C=O) groups excluding carboxylic acids is 2. The largest absolute Gasteiger partial charge is 0.479 e. The molecule has 2 amide bonds. The van der Waals surface area contributed by atoms with Crippen molar-refractivity contribution in [3.63, 3.8) is 0 Å². The Balaban J connectivity index is 1.43. The highest BCUT2D eigenvalue weighted by Crippen LogP contribution is 2.44. The number of hydrogen-bond donors (Lipinski definition) is 3. The molecule has 0 aromatic heterocycles. The SMILES string of the molecule is CC(C)CC(NC(=O)OCC1c2ccccc2-c2ccccc21)C(=O)NC1(C(=O)O)CCOC1. The predicted octanol–water partition coefficient (Wildman–Crippen LogP) is 3.30. The van der Waals surface area contributed by atoms with Gasteiger partial charge in [-0.15, -0.1) is 0 Å². The van der Waals surface area contributed by atoms with Crippen LogP contribution < -0.4 is 10.6 Å². The van der Waals surface area contributed by atoms with Gasteiger partial charge in [0.1, 0.15) is 12.6 Å². The van der Waals surface area contributed by atoms with Crippen LogP contribution in [0.3, 0.4) is 0 Å². The van der Waals surface area contributed by atoms with Crippen LogP contribution in [0, 0.1) is 5.92 Å². The summed E-state index contributed by atoms with van der Waals surface area (Å²) >= 11 is 0. The molecule has 1 heterocycles. The van der Waals surface area contributed by atoms with E-state index >= 15 is 0 Å². The van der Waals surface area contributed by atoms with E-state index in [0.717, 1.165) is 22.3 Å². The molecule has 8 nitrogen and oxygen atoms in total. The van der Waals surface area contributed by atoms with Gasteiger partial charge in [0.15, 0.2) is 5.54 Å². The van der Waals surface area contributed by atoms with Crippen LogP contribution >= 0.6 is 0 Å². The minimum Gasteiger partial charge on any atom is -0.479 e. The lowest BCUT2D eigenvalue weighted by Gasteiger charge is -2.28. The molecule has 0 spiro atoms. The van der Waals surface area contributed by atoms with Crippen molar-refractivity contribution >= 4 is 18.0 Å². The summed E-state index contributed by atoms with van der Waals surface area (Å²) in [5, 5.41) is 14.9. The van der Waals surface area contributed by atoms with Crippen molar-refractivity contribution in [2.75, 3.05) is 19.8 Å². The standard InChI is InChI=1S/C26H30N2O6/c1-16(2)13-22(23(29)28-26(24(30)31)11-12-33-15-26)27-25(32)34-14-21-19-9-5-3-7-17(19)18-8-4-6-10-20(18)21/h3-10,16,21-22H,11-15H2,1-2H3,(H,27,32)(H,28,29)(H,30,31). The smallest absolute Gasteiger partial charge is 0.407 e. The van der Waals surface area contributed by atoms with Crippen LogP contribution in [0.1, 0.15) is 43.7 Å². The third-order valence-electron chi connectivity index (χ3n) is 6.45. The van der Waals surface area contributed by atoms with Crippen LogP contribution in [0.4, 0.5) is 4.79 Å². The van der Waals surface area contributed by atoms with Crippen molar-refractivity contribution in [3.8, 4) is 11.1 Å². The Labute approximate surface area is 198 Å². The molecule has 0 radical (unpaired) electrons. The maximum Gasteiger partial charge on any atom is 0.407 e. The molecule has 8 heteroatoms. The van der Waals surface area contributed by atoms with Gasteiger partial charge in [0.2, 0.25) is 5.91 Å². The number of carboxylic acids is 1. The lowest BCUT2D eigenvalue weighted by Crippen LogP contribution is -2.60. The highest BCUT2D eigenvalue weighted by molar-refractivity contribution is 5.91. The Hall–Kier alpha value is -3.39. The van der Waals surface area contributed by atoms with E-state index in [-0.39, 0.29) is 38.1 Å². The molecule has 1 aliphatic carbocycles. The molecule has 2 aromatic rings. The van der Waals surface area contributed by atoms with E-state index in [9.17, 15) is 19.5 Å². The fourth-order valence-electron chi connectivity index (χ4n) is 4.69. The molecule has 4 rings (SSSR count). The zero-order valence-corrected chi connectivity index (χ0v) is 19.4. The number of aliphatic carboxylic acids is 1. The van der Waals surface area contributed by atoms with Crippen LogP contribution in [-0.2, 0) is 19.1 Å². The van der Waals surface area contributed by atoms with Crippen LogP contribution in [0.5, 0.6) is 0 Å². The number of amides is 2. The Morgan fingerprint density at radius 2 is 1.71 bits per heavy atom. The van der Waals surface area contributed by atoms with Crippen LogP contribution in [-0.4, -0.2) is 54.5 Å². The third-order valence-corrected chi connectivity index (χ3v) is 6.45. The molecule has 2 aliphatic rings. The molecule has 1 aliphatic heterocycles. The van der Waals surface area contributed by atoms with Crippen molar-refractivity contribution in [1.82, 2.24) is 10.6 Å². The molecule has 2 aromatic carbocycles. The molecule has 2 atom stereocenters. The Morgan fingerprint density at radius 3 is 2.24 bits per heavy atom. The van der Waals surface area contributed by atoms with E-state index in [1.54, 1.807) is 0 Å². The number of benzene rings is 2. The topological polar surface area (TPSA) is 114 Å². The van der Waals surface area contributed by atoms with Gasteiger partial charge in [-0.25, -0.2) is 9.59 Å². The number of alkyl carbamates (subject to hydrolysis) is 1. The van der Waals surface area contributed by atoms with Gasteiger partial charge in [-0.3, -0.25) is 4.79 Å². The summed E-state index contributed by atoms with van der Waals surface area (Å²) in [5.74, 6) is -1.72. The first kappa shape index (κ1) is 23.8. The van der Waals surface area contributed by atoms with Crippen molar-refractivity contribution in [2.24, 2.45) is 5.92 Å². The summed E-state index contributed by atoms with van der Waals surface area (Å²) in [6.07, 6.45) is -0.199. The molecule has 34 heavy (non-hydrogen) atoms. The Bertz CT molecular complexity index is 1030. The van der Waals surface area contributed by atoms with Crippen LogP contribution in [0.25, 0.3) is 11.1 Å². The van der Waals surface area contributed by atoms with E-state index in [2.05, 4.69) is 22.8 Å². The Morgan fingerprint density at radius 1 is 1.09 bits per heavy atom. The molecule has 0 saturated carbocycles. The highest BCUT2D eigenvalue weighted by atomic mass is 16.5. The van der Waals surface area contributed by atoms with E-state index < -0.39 is 29.6 Å². The van der Waals surface area contributed by atoms with Crippen molar-refractivity contribution < 1.29 is 29.0 Å². The molecule has 3 N–H and O–H groups in total. The highest BCUT2D eigenvalue weighted by Gasteiger charge is 2.45. The first-order valence-electron chi connectivity index (χ1n) is 11.6. The normalized spacial score (nSPS) is 19.9. The van der Waals surface area contributed by atoms with Gasteiger partial charge >= 0.3 is 12.1 Å². The molecular formula is C26H30N2O6. The number of carbonyl (C=O) groups is 3. The average Bonchev–Trinajstić information content (AvgIpc) is 3.41. The number of rotatable bonds is 8.